The zero-order chi connectivity index (χ0) is 73.8. The van der Waals surface area contributed by atoms with Crippen LogP contribution in [0.4, 0.5) is 13.2 Å². The van der Waals surface area contributed by atoms with E-state index in [1.807, 2.05) is 125 Å². The van der Waals surface area contributed by atoms with Gasteiger partial charge in [-0.2, -0.15) is 0 Å². The van der Waals surface area contributed by atoms with Crippen molar-refractivity contribution in [2.75, 3.05) is 0 Å². The number of carbonyl (C=O) groups excluding carboxylic acids is 10. The quantitative estimate of drug-likeness (QED) is 0.0255. The Hall–Kier alpha value is -7.93. The highest BCUT2D eigenvalue weighted by atomic mass is 79.9. The van der Waals surface area contributed by atoms with Crippen LogP contribution >= 0.6 is 15.9 Å². The molecule has 0 aliphatic rings. The first-order valence-electron chi connectivity index (χ1n) is 33.5. The van der Waals surface area contributed by atoms with Crippen LogP contribution in [0, 0.1) is 98.4 Å². The van der Waals surface area contributed by atoms with E-state index in [0.717, 1.165) is 41.5 Å². The van der Waals surface area contributed by atoms with Gasteiger partial charge in [0.1, 0.15) is 46.4 Å². The molecular formula is C78H107BrF3N5O10. The summed E-state index contributed by atoms with van der Waals surface area (Å²) in [7, 11) is 0. The van der Waals surface area contributed by atoms with Gasteiger partial charge in [0.15, 0.2) is 0 Å². The lowest BCUT2D eigenvalue weighted by Crippen LogP contribution is -2.31. The fourth-order valence-corrected chi connectivity index (χ4v) is 10.9. The van der Waals surface area contributed by atoms with Crippen LogP contribution in [0.5, 0.6) is 0 Å². The molecule has 0 aliphatic carbocycles. The highest BCUT2D eigenvalue weighted by Crippen LogP contribution is 2.25. The summed E-state index contributed by atoms with van der Waals surface area (Å²) in [5.41, 5.74) is 33.7. The lowest BCUT2D eigenvalue weighted by Gasteiger charge is -2.18. The number of ketones is 5. The van der Waals surface area contributed by atoms with Crippen LogP contribution in [-0.4, -0.2) is 58.5 Å². The topological polar surface area (TPSA) is 301 Å². The number of carbonyl (C=O) groups is 10. The Bertz CT molecular complexity index is 3370. The SMILES string of the molecule is CC(C)C[C@H](CC(=O)Cc1ccc(Br)cc1F)C(N)=O.CCC[C@H](CC(=O)Cc1ccc(C)cc1F)C(N)=O.CC[C@H](C)[C@H](CC(=O)Cc1ccc(C)cc1)C(N)=O.CC[C@H](C)[C@H](CC(=O)Cc1ccc(C)cc1F)C(N)=O.Cc1ccc(CC(=O)C[C@@H](CC(C)C)C(N)=O)cc1. The van der Waals surface area contributed by atoms with Crippen molar-refractivity contribution in [3.63, 3.8) is 0 Å². The molecule has 0 saturated heterocycles. The Labute approximate surface area is 582 Å². The van der Waals surface area contributed by atoms with E-state index < -0.39 is 41.3 Å². The Morgan fingerprint density at radius 3 is 0.948 bits per heavy atom. The molecule has 0 heterocycles. The smallest absolute Gasteiger partial charge is 0.221 e. The first kappa shape index (κ1) is 87.1. The van der Waals surface area contributed by atoms with E-state index in [-0.39, 0.29) is 133 Å². The Morgan fingerprint density at radius 2 is 0.660 bits per heavy atom. The normalized spacial score (nSPS) is 12.9. The summed E-state index contributed by atoms with van der Waals surface area (Å²) in [6.07, 6.45) is 5.77. The summed E-state index contributed by atoms with van der Waals surface area (Å²) in [5.74, 6) is -4.84. The third-order valence-electron chi connectivity index (χ3n) is 16.7. The largest absolute Gasteiger partial charge is 0.369 e. The van der Waals surface area contributed by atoms with Crippen LogP contribution in [0.2, 0.25) is 0 Å². The molecule has 5 rings (SSSR count). The lowest BCUT2D eigenvalue weighted by molar-refractivity contribution is -0.128. The average Bonchev–Trinajstić information content (AvgIpc) is 0.996. The number of rotatable bonds is 35. The molecule has 0 fully saturated rings. The Kier molecular flexibility index (Phi) is 40.9. The van der Waals surface area contributed by atoms with E-state index in [0.29, 0.717) is 59.2 Å². The number of nitrogens with two attached hydrogens (primary N) is 5. The van der Waals surface area contributed by atoms with E-state index >= 15 is 0 Å². The number of primary amides is 5. The molecular weight excluding hydrogens is 1300 g/mol. The number of benzene rings is 5. The molecule has 532 valence electrons. The van der Waals surface area contributed by atoms with Crippen LogP contribution in [0.25, 0.3) is 0 Å². The van der Waals surface area contributed by atoms with Gasteiger partial charge in [0.25, 0.3) is 0 Å². The van der Waals surface area contributed by atoms with Gasteiger partial charge in [-0.3, -0.25) is 47.9 Å². The van der Waals surface area contributed by atoms with Gasteiger partial charge < -0.3 is 28.7 Å². The van der Waals surface area contributed by atoms with Gasteiger partial charge in [0.05, 0.1) is 0 Å². The van der Waals surface area contributed by atoms with Crippen LogP contribution in [0.15, 0.2) is 108 Å². The van der Waals surface area contributed by atoms with Gasteiger partial charge >= 0.3 is 0 Å². The van der Waals surface area contributed by atoms with Crippen molar-refractivity contribution in [3.8, 4) is 0 Å². The van der Waals surface area contributed by atoms with E-state index in [1.54, 1.807) is 50.2 Å². The zero-order valence-electron chi connectivity index (χ0n) is 59.3. The third-order valence-corrected chi connectivity index (χ3v) is 17.2. The predicted octanol–water partition coefficient (Wildman–Crippen LogP) is 13.8. The second-order valence-electron chi connectivity index (χ2n) is 26.6. The highest BCUT2D eigenvalue weighted by Gasteiger charge is 2.28. The van der Waals surface area contributed by atoms with Crippen molar-refractivity contribution in [1.82, 2.24) is 0 Å². The van der Waals surface area contributed by atoms with Gasteiger partial charge in [-0.05, 0) is 134 Å². The molecule has 0 unspecified atom stereocenters. The molecule has 5 aromatic rings. The molecule has 19 heteroatoms. The van der Waals surface area contributed by atoms with Gasteiger partial charge in [-0.25, -0.2) is 13.2 Å². The molecule has 15 nitrogen and oxygen atoms in total. The summed E-state index contributed by atoms with van der Waals surface area (Å²) in [4.78, 5) is 116. The molecule has 0 aromatic heterocycles. The maximum Gasteiger partial charge on any atom is 0.221 e. The van der Waals surface area contributed by atoms with Crippen LogP contribution in [0.1, 0.15) is 183 Å². The molecule has 5 aromatic carbocycles. The molecule has 0 saturated carbocycles. The molecule has 5 amide bonds. The van der Waals surface area contributed by atoms with Gasteiger partial charge in [0.2, 0.25) is 29.5 Å². The number of amides is 5. The maximum atomic E-state index is 13.7. The number of hydrogen-bond acceptors (Lipinski definition) is 10. The third kappa shape index (κ3) is 36.3. The molecule has 0 radical (unpaired) electrons. The second kappa shape index (κ2) is 45.6. The Morgan fingerprint density at radius 1 is 0.371 bits per heavy atom. The molecule has 10 N–H and O–H groups in total. The fourth-order valence-electron chi connectivity index (χ4n) is 10.6. The molecule has 97 heavy (non-hydrogen) atoms. The molecule has 0 spiro atoms. The zero-order valence-corrected chi connectivity index (χ0v) is 60.9. The monoisotopic (exact) mass is 1410 g/mol. The van der Waals surface area contributed by atoms with Crippen molar-refractivity contribution in [3.05, 3.63) is 175 Å². The summed E-state index contributed by atoms with van der Waals surface area (Å²) < 4.78 is 41.6. The number of Topliss-reactive ketones (excluding diaryl/α,β-unsaturated/α-hetero) is 5. The lowest BCUT2D eigenvalue weighted by atomic mass is 9.86. The van der Waals surface area contributed by atoms with Crippen molar-refractivity contribution in [2.24, 2.45) is 81.9 Å². The highest BCUT2D eigenvalue weighted by molar-refractivity contribution is 9.10. The van der Waals surface area contributed by atoms with Crippen LogP contribution < -0.4 is 28.7 Å². The summed E-state index contributed by atoms with van der Waals surface area (Å²) in [6.45, 7) is 25.3. The minimum atomic E-state index is -0.471. The van der Waals surface area contributed by atoms with Crippen LogP contribution in [0.3, 0.4) is 0 Å². The number of hydrogen-bond donors (Lipinski definition) is 5. The first-order chi connectivity index (χ1) is 45.4. The molecule has 7 atom stereocenters. The van der Waals surface area contributed by atoms with E-state index in [9.17, 15) is 61.1 Å². The van der Waals surface area contributed by atoms with Gasteiger partial charge in [-0.15, -0.1) is 0 Å². The van der Waals surface area contributed by atoms with Crippen molar-refractivity contribution >= 4 is 74.4 Å². The minimum absolute atomic E-state index is 0.00628. The average molecular weight is 1410 g/mol. The summed E-state index contributed by atoms with van der Waals surface area (Å²) >= 11 is 3.16. The van der Waals surface area contributed by atoms with Crippen LogP contribution in [-0.2, 0) is 80.0 Å². The summed E-state index contributed by atoms with van der Waals surface area (Å²) in [6, 6.07) is 29.9. The van der Waals surface area contributed by atoms with E-state index in [1.165, 1.54) is 29.3 Å². The van der Waals surface area contributed by atoms with Crippen molar-refractivity contribution < 1.29 is 61.1 Å². The molecule has 0 bridgehead atoms. The summed E-state index contributed by atoms with van der Waals surface area (Å²) in [5, 5.41) is 0. The van der Waals surface area contributed by atoms with Crippen molar-refractivity contribution in [2.45, 2.75) is 193 Å². The van der Waals surface area contributed by atoms with Crippen molar-refractivity contribution in [1.29, 1.82) is 0 Å². The second-order valence-corrected chi connectivity index (χ2v) is 27.5. The maximum absolute atomic E-state index is 13.7. The number of halogens is 4. The minimum Gasteiger partial charge on any atom is -0.369 e. The fraction of sp³-hybridized carbons (Fsp3) is 0.487. The predicted molar refractivity (Wildman–Crippen MR) is 382 cm³/mol. The standard InChI is InChI=1S/C16H22FNO2.2C16H23NO2.C15H19BrFNO2.C15H20FNO2/c1-4-11(3)14(16(18)20)9-13(19)8-12-6-5-10(2)7-15(12)17;1-11(2)8-14(16(17)19)10-15(18)9-13-6-4-12(3)5-7-13;1-4-12(3)15(16(17)19)10-14(18)9-13-7-5-11(2)6-8-13;1-9(2)5-11(15(18)20)7-13(19)6-10-3-4-12(16)8-14(10)17;1-3-4-12(15(17)19)9-13(18)8-11-6-5-10(2)7-14(11)16/h5-7,11,14H,4,8-9H2,1-3H3,(H2,18,20);4-7,11,14H,8-10H2,1-3H3,(H2,17,19);5-8,12,15H,4,9-10H2,1-3H3,(H2,17,19);3-4,8-9,11H,5-7H2,1-2H3,(H2,18,20);5-7,12H,3-4,8-9H2,1-2H3,(H2,17,19)/t11-,14-;14-;12-,15-;11-;12-/m01011/s1. The first-order valence-corrected chi connectivity index (χ1v) is 34.3. The van der Waals surface area contributed by atoms with E-state index in [2.05, 4.69) is 15.9 Å². The molecule has 0 aliphatic heterocycles. The van der Waals surface area contributed by atoms with E-state index in [4.69, 9.17) is 28.7 Å². The van der Waals surface area contributed by atoms with Gasteiger partial charge in [0, 0.05) is 98.3 Å². The van der Waals surface area contributed by atoms with Gasteiger partial charge in [-0.1, -0.05) is 187 Å². The number of aryl methyl sites for hydroxylation is 4. The Balaban J connectivity index is 0.000000606.